The summed E-state index contributed by atoms with van der Waals surface area (Å²) in [6.07, 6.45) is 0. The zero-order chi connectivity index (χ0) is 8.85. The van der Waals surface area contributed by atoms with E-state index < -0.39 is 0 Å². The maximum absolute atomic E-state index is 3.28. The van der Waals surface area contributed by atoms with Gasteiger partial charge in [0.05, 0.1) is 0 Å². The van der Waals surface area contributed by atoms with Gasteiger partial charge in [0.2, 0.25) is 0 Å². The van der Waals surface area contributed by atoms with Gasteiger partial charge in [-0.2, -0.15) is 0 Å². The van der Waals surface area contributed by atoms with Crippen LogP contribution in [0.25, 0.3) is 0 Å². The molecular formula is C8H21N3. The predicted molar refractivity (Wildman–Crippen MR) is 49.9 cm³/mol. The van der Waals surface area contributed by atoms with E-state index in [0.29, 0.717) is 12.1 Å². The van der Waals surface area contributed by atoms with Crippen molar-refractivity contribution in [3.8, 4) is 0 Å². The summed E-state index contributed by atoms with van der Waals surface area (Å²) in [6, 6.07) is 1.09. The third kappa shape index (κ3) is 3.70. The minimum Gasteiger partial charge on any atom is -0.318 e. The fourth-order valence-electron chi connectivity index (χ4n) is 1.09. The Bertz CT molecular complexity index is 93.3. The molecule has 0 rings (SSSR count). The fraction of sp³-hybridized carbons (Fsp3) is 1.00. The maximum atomic E-state index is 3.28. The van der Waals surface area contributed by atoms with Crippen molar-refractivity contribution in [3.63, 3.8) is 0 Å². The molecule has 0 fully saturated rings. The van der Waals surface area contributed by atoms with Crippen LogP contribution in [0.3, 0.4) is 0 Å². The number of rotatable bonds is 5. The zero-order valence-electron chi connectivity index (χ0n) is 8.31. The van der Waals surface area contributed by atoms with Crippen molar-refractivity contribution < 1.29 is 0 Å². The Hall–Kier alpha value is -0.120. The first-order chi connectivity index (χ1) is 5.13. The lowest BCUT2D eigenvalue weighted by Gasteiger charge is -2.28. The van der Waals surface area contributed by atoms with Gasteiger partial charge >= 0.3 is 0 Å². The highest BCUT2D eigenvalue weighted by Gasteiger charge is 2.15. The summed E-state index contributed by atoms with van der Waals surface area (Å²) in [5.74, 6) is 0. The van der Waals surface area contributed by atoms with Crippen molar-refractivity contribution in [2.45, 2.75) is 19.0 Å². The summed E-state index contributed by atoms with van der Waals surface area (Å²) in [5, 5.41) is 6.45. The quantitative estimate of drug-likeness (QED) is 0.579. The third-order valence-corrected chi connectivity index (χ3v) is 2.19. The van der Waals surface area contributed by atoms with Crippen LogP contribution >= 0.6 is 0 Å². The topological polar surface area (TPSA) is 27.3 Å². The molecule has 0 aromatic rings. The third-order valence-electron chi connectivity index (χ3n) is 2.19. The Labute approximate surface area is 70.2 Å². The van der Waals surface area contributed by atoms with Gasteiger partial charge in [0.25, 0.3) is 0 Å². The number of hydrogen-bond donors (Lipinski definition) is 2. The van der Waals surface area contributed by atoms with Gasteiger partial charge in [-0.05, 0) is 35.1 Å². The summed E-state index contributed by atoms with van der Waals surface area (Å²) in [7, 11) is 8.18. The molecule has 0 bridgehead atoms. The first-order valence-corrected chi connectivity index (χ1v) is 4.11. The first kappa shape index (κ1) is 10.9. The van der Waals surface area contributed by atoms with Crippen molar-refractivity contribution in [1.82, 2.24) is 15.5 Å². The molecular weight excluding hydrogens is 138 g/mol. The van der Waals surface area contributed by atoms with E-state index in [1.54, 1.807) is 0 Å². The van der Waals surface area contributed by atoms with Gasteiger partial charge in [0.1, 0.15) is 0 Å². The molecule has 3 heteroatoms. The second-order valence-electron chi connectivity index (χ2n) is 3.16. The molecule has 0 amide bonds. The Morgan fingerprint density at radius 2 is 1.82 bits per heavy atom. The molecule has 0 aliphatic rings. The molecule has 11 heavy (non-hydrogen) atoms. The van der Waals surface area contributed by atoms with E-state index in [-0.39, 0.29) is 0 Å². The summed E-state index contributed by atoms with van der Waals surface area (Å²) >= 11 is 0. The molecule has 0 radical (unpaired) electrons. The lowest BCUT2D eigenvalue weighted by atomic mass is 10.1. The summed E-state index contributed by atoms with van der Waals surface area (Å²) < 4.78 is 0. The van der Waals surface area contributed by atoms with E-state index >= 15 is 0 Å². The van der Waals surface area contributed by atoms with Crippen LogP contribution in [0, 0.1) is 0 Å². The van der Waals surface area contributed by atoms with Crippen LogP contribution in [-0.4, -0.2) is 51.7 Å². The van der Waals surface area contributed by atoms with E-state index in [9.17, 15) is 0 Å². The SMILES string of the molecule is CNCC(NC)C(C)N(C)C. The standard InChI is InChI=1S/C8H21N3/c1-7(11(4)5)8(10-3)6-9-2/h7-10H,6H2,1-5H3. The van der Waals surface area contributed by atoms with Crippen LogP contribution in [0.4, 0.5) is 0 Å². The Kier molecular flexibility index (Phi) is 5.46. The molecule has 3 nitrogen and oxygen atoms in total. The number of likely N-dealkylation sites (N-methyl/N-ethyl adjacent to an activating group) is 3. The molecule has 0 aromatic carbocycles. The highest BCUT2D eigenvalue weighted by Crippen LogP contribution is 1.97. The highest BCUT2D eigenvalue weighted by molar-refractivity contribution is 4.78. The summed E-state index contributed by atoms with van der Waals surface area (Å²) in [4.78, 5) is 2.22. The van der Waals surface area contributed by atoms with E-state index in [0.717, 1.165) is 6.54 Å². The number of hydrogen-bond acceptors (Lipinski definition) is 3. The predicted octanol–water partition coefficient (Wildman–Crippen LogP) is -0.256. The molecule has 2 unspecified atom stereocenters. The van der Waals surface area contributed by atoms with Crippen molar-refractivity contribution >= 4 is 0 Å². The first-order valence-electron chi connectivity index (χ1n) is 4.11. The van der Waals surface area contributed by atoms with Crippen LogP contribution < -0.4 is 10.6 Å². The van der Waals surface area contributed by atoms with Crippen molar-refractivity contribution in [2.75, 3.05) is 34.7 Å². The Balaban J connectivity index is 3.81. The molecule has 68 valence electrons. The largest absolute Gasteiger partial charge is 0.318 e. The smallest absolute Gasteiger partial charge is 0.0343 e. The van der Waals surface area contributed by atoms with Crippen LogP contribution in [0.15, 0.2) is 0 Å². The van der Waals surface area contributed by atoms with Crippen molar-refractivity contribution in [2.24, 2.45) is 0 Å². The monoisotopic (exact) mass is 159 g/mol. The number of nitrogens with zero attached hydrogens (tertiary/aromatic N) is 1. The maximum Gasteiger partial charge on any atom is 0.0343 e. The molecule has 0 saturated heterocycles. The van der Waals surface area contributed by atoms with Gasteiger partial charge in [-0.1, -0.05) is 0 Å². The van der Waals surface area contributed by atoms with E-state index in [4.69, 9.17) is 0 Å². The molecule has 0 aromatic heterocycles. The van der Waals surface area contributed by atoms with E-state index in [2.05, 4.69) is 36.6 Å². The summed E-state index contributed by atoms with van der Waals surface area (Å²) in [6.45, 7) is 3.23. The van der Waals surface area contributed by atoms with Crippen LogP contribution in [0.5, 0.6) is 0 Å². The lowest BCUT2D eigenvalue weighted by Crippen LogP contribution is -2.49. The van der Waals surface area contributed by atoms with Gasteiger partial charge < -0.3 is 15.5 Å². The average molecular weight is 159 g/mol. The van der Waals surface area contributed by atoms with Gasteiger partial charge in [-0.15, -0.1) is 0 Å². The van der Waals surface area contributed by atoms with Gasteiger partial charge in [-0.3, -0.25) is 0 Å². The molecule has 2 atom stereocenters. The van der Waals surface area contributed by atoms with Crippen molar-refractivity contribution in [1.29, 1.82) is 0 Å². The van der Waals surface area contributed by atoms with Crippen LogP contribution in [-0.2, 0) is 0 Å². The van der Waals surface area contributed by atoms with E-state index in [1.165, 1.54) is 0 Å². The van der Waals surface area contributed by atoms with Crippen molar-refractivity contribution in [3.05, 3.63) is 0 Å². The molecule has 0 aliphatic heterocycles. The lowest BCUT2D eigenvalue weighted by molar-refractivity contribution is 0.249. The van der Waals surface area contributed by atoms with Gasteiger partial charge in [0.15, 0.2) is 0 Å². The zero-order valence-corrected chi connectivity index (χ0v) is 8.31. The minimum absolute atomic E-state index is 0.523. The molecule has 0 heterocycles. The molecule has 2 N–H and O–H groups in total. The normalized spacial score (nSPS) is 16.9. The second kappa shape index (κ2) is 5.52. The average Bonchev–Trinajstić information content (AvgIpc) is 1.98. The van der Waals surface area contributed by atoms with Crippen LogP contribution in [0.2, 0.25) is 0 Å². The van der Waals surface area contributed by atoms with E-state index in [1.807, 2.05) is 14.1 Å². The molecule has 0 spiro atoms. The highest BCUT2D eigenvalue weighted by atomic mass is 15.1. The van der Waals surface area contributed by atoms with Gasteiger partial charge in [0, 0.05) is 18.6 Å². The minimum atomic E-state index is 0.523. The summed E-state index contributed by atoms with van der Waals surface area (Å²) in [5.41, 5.74) is 0. The molecule has 0 aliphatic carbocycles. The van der Waals surface area contributed by atoms with Gasteiger partial charge in [-0.25, -0.2) is 0 Å². The molecule has 0 saturated carbocycles. The number of nitrogens with one attached hydrogen (secondary N) is 2. The van der Waals surface area contributed by atoms with Crippen LogP contribution in [0.1, 0.15) is 6.92 Å². The fourth-order valence-corrected chi connectivity index (χ4v) is 1.09. The second-order valence-corrected chi connectivity index (χ2v) is 3.16. The Morgan fingerprint density at radius 1 is 1.27 bits per heavy atom. The Morgan fingerprint density at radius 3 is 2.09 bits per heavy atom.